The van der Waals surface area contributed by atoms with Gasteiger partial charge in [0.2, 0.25) is 0 Å². The van der Waals surface area contributed by atoms with E-state index in [4.69, 9.17) is 0 Å². The number of hydrogen-bond acceptors (Lipinski definition) is 1. The van der Waals surface area contributed by atoms with E-state index in [9.17, 15) is 0 Å². The normalized spacial score (nSPS) is 12.9. The van der Waals surface area contributed by atoms with Crippen LogP contribution >= 0.6 is 0 Å². The van der Waals surface area contributed by atoms with Crippen LogP contribution in [-0.4, -0.2) is 11.0 Å². The Bertz CT molecular complexity index is 445. The molecule has 0 bridgehead atoms. The van der Waals surface area contributed by atoms with Crippen molar-refractivity contribution in [1.29, 1.82) is 0 Å². The first-order valence-electron chi connectivity index (χ1n) is 6.17. The van der Waals surface area contributed by atoms with E-state index in [1.165, 1.54) is 35.9 Å². The molecule has 0 fully saturated rings. The van der Waals surface area contributed by atoms with Gasteiger partial charge in [0, 0.05) is 28.8 Å². The minimum absolute atomic E-state index is 0.599. The number of rotatable bonds is 5. The van der Waals surface area contributed by atoms with Crippen molar-refractivity contribution in [3.05, 3.63) is 30.5 Å². The molecule has 16 heavy (non-hydrogen) atoms. The number of hydrogen-bond donors (Lipinski definition) is 2. The Balaban J connectivity index is 2.13. The molecule has 1 heterocycles. The Labute approximate surface area is 97.1 Å². The molecule has 0 radical (unpaired) electrons. The van der Waals surface area contributed by atoms with E-state index in [1.807, 2.05) is 6.20 Å². The zero-order valence-electron chi connectivity index (χ0n) is 10.1. The number of aromatic nitrogens is 1. The second-order valence-electron chi connectivity index (χ2n) is 4.32. The summed E-state index contributed by atoms with van der Waals surface area (Å²) >= 11 is 0. The van der Waals surface area contributed by atoms with Gasteiger partial charge in [0.05, 0.1) is 0 Å². The predicted molar refractivity (Wildman–Crippen MR) is 70.9 cm³/mol. The minimum atomic E-state index is 0.599. The largest absolute Gasteiger partial charge is 0.382 e. The first-order valence-corrected chi connectivity index (χ1v) is 6.17. The fraction of sp³-hybridized carbons (Fsp3) is 0.429. The lowest BCUT2D eigenvalue weighted by atomic mass is 10.1. The average Bonchev–Trinajstić information content (AvgIpc) is 2.75. The topological polar surface area (TPSA) is 27.8 Å². The van der Waals surface area contributed by atoms with Crippen molar-refractivity contribution in [3.63, 3.8) is 0 Å². The van der Waals surface area contributed by atoms with Crippen LogP contribution in [0.5, 0.6) is 0 Å². The lowest BCUT2D eigenvalue weighted by Crippen LogP contribution is -2.17. The third kappa shape index (κ3) is 2.38. The number of benzene rings is 1. The van der Waals surface area contributed by atoms with E-state index in [1.54, 1.807) is 0 Å². The second-order valence-corrected chi connectivity index (χ2v) is 4.32. The minimum Gasteiger partial charge on any atom is -0.382 e. The van der Waals surface area contributed by atoms with E-state index in [0.29, 0.717) is 6.04 Å². The molecule has 1 atom stereocenters. The summed E-state index contributed by atoms with van der Waals surface area (Å²) in [6.07, 6.45) is 5.64. The molecule has 1 aromatic carbocycles. The number of nitrogens with one attached hydrogen (secondary N) is 2. The van der Waals surface area contributed by atoms with Gasteiger partial charge in [-0.1, -0.05) is 20.3 Å². The van der Waals surface area contributed by atoms with E-state index in [2.05, 4.69) is 48.4 Å². The lowest BCUT2D eigenvalue weighted by Gasteiger charge is -2.17. The molecule has 0 saturated carbocycles. The summed E-state index contributed by atoms with van der Waals surface area (Å²) in [5.74, 6) is 0. The number of anilines is 1. The van der Waals surface area contributed by atoms with Crippen molar-refractivity contribution >= 4 is 16.6 Å². The maximum Gasteiger partial charge on any atom is 0.0455 e. The Morgan fingerprint density at radius 2 is 2.12 bits per heavy atom. The van der Waals surface area contributed by atoms with Crippen LogP contribution in [0.25, 0.3) is 10.9 Å². The summed E-state index contributed by atoms with van der Waals surface area (Å²) in [6, 6.07) is 9.21. The molecule has 86 valence electrons. The monoisotopic (exact) mass is 216 g/mol. The summed E-state index contributed by atoms with van der Waals surface area (Å²) in [6.45, 7) is 4.47. The lowest BCUT2D eigenvalue weighted by molar-refractivity contribution is 0.623. The third-order valence-electron chi connectivity index (χ3n) is 3.05. The van der Waals surface area contributed by atoms with Crippen molar-refractivity contribution < 1.29 is 0 Å². The zero-order chi connectivity index (χ0) is 11.4. The smallest absolute Gasteiger partial charge is 0.0455 e. The van der Waals surface area contributed by atoms with E-state index in [-0.39, 0.29) is 0 Å². The summed E-state index contributed by atoms with van der Waals surface area (Å²) in [4.78, 5) is 3.21. The Hall–Kier alpha value is -1.44. The number of fused-ring (bicyclic) bond motifs is 1. The fourth-order valence-electron chi connectivity index (χ4n) is 2.11. The highest BCUT2D eigenvalue weighted by molar-refractivity contribution is 5.82. The highest BCUT2D eigenvalue weighted by Crippen LogP contribution is 2.19. The van der Waals surface area contributed by atoms with Crippen molar-refractivity contribution in [1.82, 2.24) is 4.98 Å². The number of aromatic amines is 1. The van der Waals surface area contributed by atoms with Crippen molar-refractivity contribution in [2.45, 2.75) is 39.2 Å². The predicted octanol–water partition coefficient (Wildman–Crippen LogP) is 4.16. The van der Waals surface area contributed by atoms with Gasteiger partial charge >= 0.3 is 0 Å². The molecule has 0 amide bonds. The molecule has 0 aliphatic rings. The average molecular weight is 216 g/mol. The van der Waals surface area contributed by atoms with Crippen LogP contribution in [0, 0.1) is 0 Å². The Kier molecular flexibility index (Phi) is 3.50. The maximum atomic E-state index is 3.60. The molecule has 2 heteroatoms. The molecule has 2 N–H and O–H groups in total. The molecule has 0 spiro atoms. The first kappa shape index (κ1) is 11.1. The zero-order valence-corrected chi connectivity index (χ0v) is 10.1. The number of H-pyrrole nitrogens is 1. The van der Waals surface area contributed by atoms with Gasteiger partial charge in [0.25, 0.3) is 0 Å². The van der Waals surface area contributed by atoms with Gasteiger partial charge in [0.15, 0.2) is 0 Å². The maximum absolute atomic E-state index is 3.60. The molecule has 1 unspecified atom stereocenters. The molecule has 0 saturated heterocycles. The van der Waals surface area contributed by atoms with E-state index >= 15 is 0 Å². The van der Waals surface area contributed by atoms with Gasteiger partial charge in [-0.2, -0.15) is 0 Å². The summed E-state index contributed by atoms with van der Waals surface area (Å²) < 4.78 is 0. The van der Waals surface area contributed by atoms with Crippen molar-refractivity contribution in [2.75, 3.05) is 5.32 Å². The quantitative estimate of drug-likeness (QED) is 0.771. The highest BCUT2D eigenvalue weighted by atomic mass is 14.9. The van der Waals surface area contributed by atoms with Crippen LogP contribution in [0.1, 0.15) is 33.1 Å². The van der Waals surface area contributed by atoms with Crippen LogP contribution in [-0.2, 0) is 0 Å². The van der Waals surface area contributed by atoms with Crippen LogP contribution < -0.4 is 5.32 Å². The molecular formula is C14H20N2. The van der Waals surface area contributed by atoms with Crippen LogP contribution in [0.3, 0.4) is 0 Å². The fourth-order valence-corrected chi connectivity index (χ4v) is 2.11. The van der Waals surface area contributed by atoms with E-state index in [0.717, 1.165) is 0 Å². The van der Waals surface area contributed by atoms with E-state index < -0.39 is 0 Å². The van der Waals surface area contributed by atoms with Gasteiger partial charge in [-0.15, -0.1) is 0 Å². The second kappa shape index (κ2) is 5.06. The van der Waals surface area contributed by atoms with Crippen molar-refractivity contribution in [2.24, 2.45) is 0 Å². The SMILES string of the molecule is CCCC(CC)Nc1ccc2[nH]ccc2c1. The third-order valence-corrected chi connectivity index (χ3v) is 3.05. The molecule has 0 aliphatic carbocycles. The van der Waals surface area contributed by atoms with Gasteiger partial charge in [-0.3, -0.25) is 0 Å². The Morgan fingerprint density at radius 3 is 2.88 bits per heavy atom. The molecule has 2 aromatic rings. The first-order chi connectivity index (χ1) is 7.83. The molecular weight excluding hydrogens is 196 g/mol. The van der Waals surface area contributed by atoms with Gasteiger partial charge < -0.3 is 10.3 Å². The van der Waals surface area contributed by atoms with Crippen molar-refractivity contribution in [3.8, 4) is 0 Å². The van der Waals surface area contributed by atoms with Crippen LogP contribution in [0.2, 0.25) is 0 Å². The van der Waals surface area contributed by atoms with Gasteiger partial charge in [0.1, 0.15) is 0 Å². The standard InChI is InChI=1S/C14H20N2/c1-3-5-12(4-2)16-13-6-7-14-11(10-13)8-9-15-14/h6-10,12,15-16H,3-5H2,1-2H3. The van der Waals surface area contributed by atoms with Crippen LogP contribution in [0.15, 0.2) is 30.5 Å². The Morgan fingerprint density at radius 1 is 1.25 bits per heavy atom. The van der Waals surface area contributed by atoms with Crippen LogP contribution in [0.4, 0.5) is 5.69 Å². The summed E-state index contributed by atoms with van der Waals surface area (Å²) in [5, 5.41) is 4.87. The molecule has 2 nitrogen and oxygen atoms in total. The highest BCUT2D eigenvalue weighted by Gasteiger charge is 2.05. The summed E-state index contributed by atoms with van der Waals surface area (Å²) in [5.41, 5.74) is 2.43. The molecule has 1 aromatic heterocycles. The molecule has 0 aliphatic heterocycles. The molecule has 2 rings (SSSR count). The van der Waals surface area contributed by atoms with Gasteiger partial charge in [-0.25, -0.2) is 0 Å². The van der Waals surface area contributed by atoms with Gasteiger partial charge in [-0.05, 0) is 37.1 Å². The summed E-state index contributed by atoms with van der Waals surface area (Å²) in [7, 11) is 0.